The van der Waals surface area contributed by atoms with Gasteiger partial charge in [-0.3, -0.25) is 13.9 Å². The molecule has 1 atom stereocenters. The minimum atomic E-state index is -4.24. The maximum atomic E-state index is 14.5. The third-order valence-electron chi connectivity index (χ3n) is 7.35. The lowest BCUT2D eigenvalue weighted by molar-refractivity contribution is -0.139. The van der Waals surface area contributed by atoms with Gasteiger partial charge >= 0.3 is 0 Å². The molecule has 2 amide bonds. The number of amides is 2. The molecule has 4 rings (SSSR count). The van der Waals surface area contributed by atoms with Crippen LogP contribution in [0.2, 0.25) is 0 Å². The van der Waals surface area contributed by atoms with Crippen LogP contribution in [0.15, 0.2) is 113 Å². The van der Waals surface area contributed by atoms with E-state index < -0.39 is 28.5 Å². The summed E-state index contributed by atoms with van der Waals surface area (Å²) in [7, 11) is -2.71. The summed E-state index contributed by atoms with van der Waals surface area (Å²) in [6.07, 6.45) is 2.16. The first-order valence-electron chi connectivity index (χ1n) is 14.7. The molecule has 1 N–H and O–H groups in total. The number of thioether (sulfide) groups is 1. The molecule has 0 bridgehead atoms. The Bertz CT molecular complexity index is 1680. The van der Waals surface area contributed by atoms with E-state index in [9.17, 15) is 18.0 Å². The van der Waals surface area contributed by atoms with Gasteiger partial charge in [0.1, 0.15) is 18.3 Å². The third kappa shape index (κ3) is 8.46. The number of sulfonamides is 1. The molecule has 0 heterocycles. The van der Waals surface area contributed by atoms with E-state index in [4.69, 9.17) is 4.74 Å². The number of likely N-dealkylation sites (N-methyl/N-ethyl adjacent to an activating group) is 1. The van der Waals surface area contributed by atoms with Crippen LogP contribution in [0.5, 0.6) is 5.75 Å². The second-order valence-corrected chi connectivity index (χ2v) is 13.2. The number of carbonyl (C=O) groups excluding carboxylic acids is 2. The number of para-hydroxylation sites is 2. The highest BCUT2D eigenvalue weighted by atomic mass is 32.2. The molecule has 236 valence electrons. The molecule has 0 fully saturated rings. The maximum absolute atomic E-state index is 14.5. The SMILES string of the molecule is CCOc1ccccc1N(CC(=O)N(Cc1ccc(C)cc1)C(Cc1ccccc1)C(=O)NC)S(=O)(=O)c1ccc(SC)cc1. The molecule has 0 saturated carbocycles. The van der Waals surface area contributed by atoms with E-state index in [2.05, 4.69) is 5.32 Å². The first-order valence-corrected chi connectivity index (χ1v) is 17.3. The smallest absolute Gasteiger partial charge is 0.264 e. The summed E-state index contributed by atoms with van der Waals surface area (Å²) < 4.78 is 35.5. The molecule has 0 aliphatic carbocycles. The highest BCUT2D eigenvalue weighted by molar-refractivity contribution is 7.98. The van der Waals surface area contributed by atoms with Crippen LogP contribution in [0.3, 0.4) is 0 Å². The van der Waals surface area contributed by atoms with Crippen LogP contribution in [-0.4, -0.2) is 57.6 Å². The van der Waals surface area contributed by atoms with E-state index in [1.165, 1.54) is 35.8 Å². The zero-order valence-electron chi connectivity index (χ0n) is 26.0. The molecule has 0 saturated heterocycles. The van der Waals surface area contributed by atoms with Crippen molar-refractivity contribution in [1.82, 2.24) is 10.2 Å². The van der Waals surface area contributed by atoms with Crippen molar-refractivity contribution in [2.45, 2.75) is 42.6 Å². The Balaban J connectivity index is 1.82. The maximum Gasteiger partial charge on any atom is 0.264 e. The third-order valence-corrected chi connectivity index (χ3v) is 9.87. The van der Waals surface area contributed by atoms with Gasteiger partial charge in [-0.1, -0.05) is 72.3 Å². The molecule has 45 heavy (non-hydrogen) atoms. The van der Waals surface area contributed by atoms with Gasteiger partial charge in [0.15, 0.2) is 0 Å². The number of aryl methyl sites for hydroxylation is 1. The van der Waals surface area contributed by atoms with Crippen LogP contribution in [0.1, 0.15) is 23.6 Å². The highest BCUT2D eigenvalue weighted by Gasteiger charge is 2.35. The van der Waals surface area contributed by atoms with Crippen molar-refractivity contribution >= 4 is 39.3 Å². The van der Waals surface area contributed by atoms with Crippen molar-refractivity contribution in [1.29, 1.82) is 0 Å². The molecule has 0 aromatic heterocycles. The molecule has 4 aromatic rings. The van der Waals surface area contributed by atoms with Crippen molar-refractivity contribution in [3.63, 3.8) is 0 Å². The monoisotopic (exact) mass is 645 g/mol. The molecule has 0 spiro atoms. The zero-order valence-corrected chi connectivity index (χ0v) is 27.6. The Hall–Kier alpha value is -4.28. The molecule has 0 radical (unpaired) electrons. The van der Waals surface area contributed by atoms with E-state index in [-0.39, 0.29) is 29.5 Å². The van der Waals surface area contributed by atoms with Crippen LogP contribution >= 0.6 is 11.8 Å². The summed E-state index contributed by atoms with van der Waals surface area (Å²) in [4.78, 5) is 30.3. The molecular weight excluding hydrogens is 607 g/mol. The van der Waals surface area contributed by atoms with Crippen molar-refractivity contribution in [3.05, 3.63) is 120 Å². The fraction of sp³-hybridized carbons (Fsp3) is 0.257. The molecule has 8 nitrogen and oxygen atoms in total. The first-order chi connectivity index (χ1) is 21.7. The van der Waals surface area contributed by atoms with Crippen molar-refractivity contribution in [2.75, 3.05) is 30.8 Å². The van der Waals surface area contributed by atoms with Gasteiger partial charge in [-0.2, -0.15) is 0 Å². The zero-order chi connectivity index (χ0) is 32.4. The number of ether oxygens (including phenoxy) is 1. The molecule has 0 aliphatic heterocycles. The first kappa shape index (κ1) is 33.6. The minimum absolute atomic E-state index is 0.0385. The average molecular weight is 646 g/mol. The lowest BCUT2D eigenvalue weighted by Gasteiger charge is -2.34. The number of hydrogen-bond acceptors (Lipinski definition) is 6. The number of carbonyl (C=O) groups is 2. The lowest BCUT2D eigenvalue weighted by atomic mass is 10.0. The molecular formula is C35H39N3O5S2. The van der Waals surface area contributed by atoms with E-state index in [1.54, 1.807) is 36.4 Å². The number of rotatable bonds is 14. The number of benzene rings is 4. The predicted molar refractivity (Wildman–Crippen MR) is 180 cm³/mol. The Labute approximate surface area is 270 Å². The van der Waals surface area contributed by atoms with Crippen molar-refractivity contribution in [3.8, 4) is 5.75 Å². The summed E-state index contributed by atoms with van der Waals surface area (Å²) in [5, 5.41) is 2.71. The normalized spacial score (nSPS) is 11.8. The predicted octanol–water partition coefficient (Wildman–Crippen LogP) is 5.70. The number of anilines is 1. The molecule has 1 unspecified atom stereocenters. The van der Waals surface area contributed by atoms with Crippen LogP contribution < -0.4 is 14.4 Å². The van der Waals surface area contributed by atoms with Gasteiger partial charge in [0.2, 0.25) is 11.8 Å². The Morgan fingerprint density at radius 2 is 1.51 bits per heavy atom. The number of nitrogens with zero attached hydrogens (tertiary/aromatic N) is 2. The van der Waals surface area contributed by atoms with E-state index >= 15 is 0 Å². The van der Waals surface area contributed by atoms with Crippen LogP contribution in [0.25, 0.3) is 0 Å². The quantitative estimate of drug-likeness (QED) is 0.177. The van der Waals surface area contributed by atoms with E-state index in [0.29, 0.717) is 12.4 Å². The van der Waals surface area contributed by atoms with Gasteiger partial charge in [0.05, 0.1) is 17.2 Å². The van der Waals surface area contributed by atoms with Gasteiger partial charge in [-0.05, 0) is 67.6 Å². The summed E-state index contributed by atoms with van der Waals surface area (Å²) in [5.41, 5.74) is 2.97. The largest absolute Gasteiger partial charge is 0.492 e. The van der Waals surface area contributed by atoms with E-state index in [0.717, 1.165) is 25.9 Å². The van der Waals surface area contributed by atoms with E-state index in [1.807, 2.05) is 74.7 Å². The van der Waals surface area contributed by atoms with Crippen LogP contribution in [0.4, 0.5) is 5.69 Å². The van der Waals surface area contributed by atoms with Gasteiger partial charge in [-0.25, -0.2) is 8.42 Å². The molecule has 0 aliphatic rings. The Morgan fingerprint density at radius 3 is 2.13 bits per heavy atom. The van der Waals surface area contributed by atoms with Crippen molar-refractivity contribution < 1.29 is 22.7 Å². The Kier molecular flexibility index (Phi) is 11.7. The number of nitrogens with one attached hydrogen (secondary N) is 1. The second kappa shape index (κ2) is 15.6. The molecule has 4 aromatic carbocycles. The van der Waals surface area contributed by atoms with Crippen LogP contribution in [-0.2, 0) is 32.6 Å². The fourth-order valence-electron chi connectivity index (χ4n) is 4.94. The number of hydrogen-bond donors (Lipinski definition) is 1. The van der Waals surface area contributed by atoms with Gasteiger partial charge in [0.25, 0.3) is 10.0 Å². The lowest BCUT2D eigenvalue weighted by Crippen LogP contribution is -2.53. The van der Waals surface area contributed by atoms with Gasteiger partial charge < -0.3 is 15.0 Å². The topological polar surface area (TPSA) is 96.0 Å². The standard InChI is InChI=1S/C35H39N3O5S2/c1-5-43-33-14-10-9-13-31(33)38(45(41,42)30-21-19-29(44-4)20-22-30)25-34(39)37(24-28-17-15-26(2)16-18-28)32(35(40)36-3)23-27-11-7-6-8-12-27/h6-22,32H,5,23-25H2,1-4H3,(H,36,40). The summed E-state index contributed by atoms with van der Waals surface area (Å²) in [6.45, 7) is 3.64. The summed E-state index contributed by atoms with van der Waals surface area (Å²) in [5.74, 6) is -0.555. The van der Waals surface area contributed by atoms with Gasteiger partial charge in [0, 0.05) is 24.9 Å². The highest BCUT2D eigenvalue weighted by Crippen LogP contribution is 2.33. The molecule has 10 heteroatoms. The second-order valence-electron chi connectivity index (χ2n) is 10.4. The van der Waals surface area contributed by atoms with Crippen molar-refractivity contribution in [2.24, 2.45) is 0 Å². The summed E-state index contributed by atoms with van der Waals surface area (Å²) >= 11 is 1.50. The van der Waals surface area contributed by atoms with Crippen LogP contribution in [0, 0.1) is 6.92 Å². The Morgan fingerprint density at radius 1 is 0.867 bits per heavy atom. The average Bonchev–Trinajstić information content (AvgIpc) is 3.06. The minimum Gasteiger partial charge on any atom is -0.492 e. The van der Waals surface area contributed by atoms with Gasteiger partial charge in [-0.15, -0.1) is 11.8 Å². The fourth-order valence-corrected chi connectivity index (χ4v) is 6.77. The summed E-state index contributed by atoms with van der Waals surface area (Å²) in [6, 6.07) is 29.5.